The van der Waals surface area contributed by atoms with Crippen LogP contribution < -0.4 is 14.8 Å². The van der Waals surface area contributed by atoms with Gasteiger partial charge in [0.1, 0.15) is 5.41 Å². The van der Waals surface area contributed by atoms with Gasteiger partial charge in [-0.1, -0.05) is 20.8 Å². The fourth-order valence-corrected chi connectivity index (χ4v) is 4.49. The summed E-state index contributed by atoms with van der Waals surface area (Å²) in [5, 5.41) is 2.81. The molecule has 1 aromatic rings. The molecule has 2 fully saturated rings. The van der Waals surface area contributed by atoms with Gasteiger partial charge in [0.05, 0.1) is 0 Å². The Labute approximate surface area is 139 Å². The zero-order valence-corrected chi connectivity index (χ0v) is 13.9. The molecule has 1 aliphatic heterocycles. The Morgan fingerprint density at radius 2 is 1.75 bits per heavy atom. The molecule has 0 radical (unpaired) electrons. The number of ether oxygens (including phenoxy) is 2. The molecule has 4 rings (SSSR count). The molecule has 2 atom stereocenters. The van der Waals surface area contributed by atoms with Crippen molar-refractivity contribution in [3.8, 4) is 11.5 Å². The van der Waals surface area contributed by atoms with Crippen molar-refractivity contribution < 1.29 is 23.9 Å². The Hall–Kier alpha value is -2.37. The van der Waals surface area contributed by atoms with Gasteiger partial charge in [-0.3, -0.25) is 14.4 Å². The van der Waals surface area contributed by atoms with E-state index in [1.807, 2.05) is 13.8 Å². The first kappa shape index (κ1) is 15.2. The molecule has 1 aromatic carbocycles. The molecule has 2 saturated carbocycles. The second-order valence-corrected chi connectivity index (χ2v) is 7.54. The van der Waals surface area contributed by atoms with E-state index in [0.717, 1.165) is 0 Å². The first-order valence-electron chi connectivity index (χ1n) is 8.04. The van der Waals surface area contributed by atoms with E-state index in [0.29, 0.717) is 30.0 Å². The molecule has 0 spiro atoms. The number of nitrogens with one attached hydrogen (secondary N) is 1. The van der Waals surface area contributed by atoms with E-state index in [-0.39, 0.29) is 6.79 Å². The summed E-state index contributed by atoms with van der Waals surface area (Å²) in [5.41, 5.74) is -2.25. The molecule has 0 saturated heterocycles. The zero-order valence-electron chi connectivity index (χ0n) is 13.9. The molecule has 0 unspecified atom stereocenters. The van der Waals surface area contributed by atoms with E-state index in [1.54, 1.807) is 25.1 Å². The highest BCUT2D eigenvalue weighted by Crippen LogP contribution is 2.69. The number of carbonyl (C=O) groups is 3. The van der Waals surface area contributed by atoms with Gasteiger partial charge in [-0.25, -0.2) is 0 Å². The van der Waals surface area contributed by atoms with Gasteiger partial charge in [0, 0.05) is 17.2 Å². The second kappa shape index (κ2) is 4.37. The van der Waals surface area contributed by atoms with Gasteiger partial charge >= 0.3 is 0 Å². The molecule has 2 aliphatic carbocycles. The second-order valence-electron chi connectivity index (χ2n) is 7.54. The smallest absolute Gasteiger partial charge is 0.239 e. The SMILES string of the molecule is CC1(C)[C@@]2(C(=O)Nc3ccc4c(c3)OCO4)CC[C@]1(C)C(=O)C2=O. The molecule has 126 valence electrons. The maximum Gasteiger partial charge on any atom is 0.239 e. The number of fused-ring (bicyclic) bond motifs is 3. The van der Waals surface area contributed by atoms with E-state index >= 15 is 0 Å². The van der Waals surface area contributed by atoms with Crippen LogP contribution in [0.15, 0.2) is 18.2 Å². The van der Waals surface area contributed by atoms with Gasteiger partial charge in [0.2, 0.25) is 24.3 Å². The minimum atomic E-state index is -1.30. The minimum Gasteiger partial charge on any atom is -0.454 e. The monoisotopic (exact) mass is 329 g/mol. The lowest BCUT2D eigenvalue weighted by Gasteiger charge is -2.37. The summed E-state index contributed by atoms with van der Waals surface area (Å²) in [6, 6.07) is 5.07. The number of carbonyl (C=O) groups excluding carboxylic acids is 3. The van der Waals surface area contributed by atoms with Crippen molar-refractivity contribution in [2.75, 3.05) is 12.1 Å². The fraction of sp³-hybridized carbons (Fsp3) is 0.500. The van der Waals surface area contributed by atoms with Crippen molar-refractivity contribution in [2.24, 2.45) is 16.2 Å². The highest BCUT2D eigenvalue weighted by molar-refractivity contribution is 6.49. The van der Waals surface area contributed by atoms with Crippen molar-refractivity contribution in [3.63, 3.8) is 0 Å². The van der Waals surface area contributed by atoms with Crippen LogP contribution in [-0.4, -0.2) is 24.3 Å². The summed E-state index contributed by atoms with van der Waals surface area (Å²) < 4.78 is 10.6. The Morgan fingerprint density at radius 3 is 2.42 bits per heavy atom. The molecule has 0 aromatic heterocycles. The molecule has 1 amide bonds. The molecule has 24 heavy (non-hydrogen) atoms. The van der Waals surface area contributed by atoms with E-state index in [9.17, 15) is 14.4 Å². The first-order chi connectivity index (χ1) is 11.2. The van der Waals surface area contributed by atoms with Crippen LogP contribution in [-0.2, 0) is 14.4 Å². The molecule has 3 aliphatic rings. The van der Waals surface area contributed by atoms with Crippen molar-refractivity contribution in [1.82, 2.24) is 0 Å². The van der Waals surface area contributed by atoms with Crippen LogP contribution in [0.25, 0.3) is 0 Å². The van der Waals surface area contributed by atoms with Gasteiger partial charge in [0.15, 0.2) is 11.5 Å². The topological polar surface area (TPSA) is 81.7 Å². The lowest BCUT2D eigenvalue weighted by molar-refractivity contribution is -0.147. The zero-order chi connectivity index (χ0) is 17.3. The molecule has 2 bridgehead atoms. The number of amides is 1. The molecule has 6 nitrogen and oxygen atoms in total. The van der Waals surface area contributed by atoms with E-state index in [2.05, 4.69) is 5.32 Å². The number of benzene rings is 1. The van der Waals surface area contributed by atoms with Crippen LogP contribution in [0, 0.1) is 16.2 Å². The van der Waals surface area contributed by atoms with Crippen LogP contribution in [0.1, 0.15) is 33.6 Å². The van der Waals surface area contributed by atoms with Gasteiger partial charge in [-0.2, -0.15) is 0 Å². The Kier molecular flexibility index (Phi) is 2.77. The maximum absolute atomic E-state index is 13.1. The van der Waals surface area contributed by atoms with E-state index in [4.69, 9.17) is 9.47 Å². The summed E-state index contributed by atoms with van der Waals surface area (Å²) in [5.74, 6) is -0.216. The van der Waals surface area contributed by atoms with Crippen LogP contribution in [0.2, 0.25) is 0 Å². The Balaban J connectivity index is 1.69. The fourth-order valence-electron chi connectivity index (χ4n) is 4.49. The van der Waals surface area contributed by atoms with Crippen molar-refractivity contribution >= 4 is 23.2 Å². The molecule has 1 N–H and O–H groups in total. The predicted octanol–water partition coefficient (Wildman–Crippen LogP) is 2.32. The van der Waals surface area contributed by atoms with Crippen molar-refractivity contribution in [1.29, 1.82) is 0 Å². The molecular formula is C18H19NO5. The molecule has 1 heterocycles. The molecular weight excluding hydrogens is 310 g/mol. The summed E-state index contributed by atoms with van der Waals surface area (Å²) in [7, 11) is 0. The average Bonchev–Trinajstić information content (AvgIpc) is 3.10. The minimum absolute atomic E-state index is 0.148. The number of ketones is 2. The lowest BCUT2D eigenvalue weighted by atomic mass is 9.64. The summed E-state index contributed by atoms with van der Waals surface area (Å²) in [6.07, 6.45) is 0.955. The van der Waals surface area contributed by atoms with Gasteiger partial charge in [-0.05, 0) is 30.4 Å². The summed E-state index contributed by atoms with van der Waals surface area (Å²) in [6.45, 7) is 5.65. The highest BCUT2D eigenvalue weighted by Gasteiger charge is 2.77. The van der Waals surface area contributed by atoms with E-state index < -0.39 is 33.7 Å². The largest absolute Gasteiger partial charge is 0.454 e. The number of rotatable bonds is 2. The Bertz CT molecular complexity index is 799. The van der Waals surface area contributed by atoms with Crippen molar-refractivity contribution in [2.45, 2.75) is 33.6 Å². The van der Waals surface area contributed by atoms with Gasteiger partial charge < -0.3 is 14.8 Å². The standard InChI is InChI=1S/C18H19NO5/c1-16(2)17(3)6-7-18(16,14(21)13(17)20)15(22)19-10-4-5-11-12(8-10)24-9-23-11/h4-5,8H,6-7,9H2,1-3H3,(H,19,22)/t17-,18+/m1/s1. The maximum atomic E-state index is 13.1. The first-order valence-corrected chi connectivity index (χ1v) is 8.04. The number of Topliss-reactive ketones (excluding diaryl/α,β-unsaturated/α-hetero) is 2. The Morgan fingerprint density at radius 1 is 1.04 bits per heavy atom. The third-order valence-corrected chi connectivity index (χ3v) is 6.56. The van der Waals surface area contributed by atoms with Gasteiger partial charge in [0.25, 0.3) is 0 Å². The van der Waals surface area contributed by atoms with Crippen LogP contribution in [0.3, 0.4) is 0 Å². The van der Waals surface area contributed by atoms with Crippen LogP contribution in [0.4, 0.5) is 5.69 Å². The van der Waals surface area contributed by atoms with Crippen LogP contribution in [0.5, 0.6) is 11.5 Å². The number of anilines is 1. The highest BCUT2D eigenvalue weighted by atomic mass is 16.7. The number of hydrogen-bond donors (Lipinski definition) is 1. The quantitative estimate of drug-likeness (QED) is 0.665. The summed E-state index contributed by atoms with van der Waals surface area (Å²) in [4.78, 5) is 38.2. The van der Waals surface area contributed by atoms with Gasteiger partial charge in [-0.15, -0.1) is 0 Å². The third-order valence-electron chi connectivity index (χ3n) is 6.56. The molecule has 6 heteroatoms. The normalized spacial score (nSPS) is 32.3. The summed E-state index contributed by atoms with van der Waals surface area (Å²) >= 11 is 0. The van der Waals surface area contributed by atoms with Crippen LogP contribution >= 0.6 is 0 Å². The average molecular weight is 329 g/mol. The lowest BCUT2D eigenvalue weighted by Crippen LogP contribution is -2.47. The van der Waals surface area contributed by atoms with E-state index in [1.165, 1.54) is 0 Å². The third kappa shape index (κ3) is 1.49. The predicted molar refractivity (Wildman–Crippen MR) is 84.8 cm³/mol. The van der Waals surface area contributed by atoms with Crippen molar-refractivity contribution in [3.05, 3.63) is 18.2 Å². The number of hydrogen-bond acceptors (Lipinski definition) is 5.